The van der Waals surface area contributed by atoms with Gasteiger partial charge in [-0.05, 0) is 67.1 Å². The molecule has 0 atom stereocenters. The molecule has 3 aromatic heterocycles. The molecule has 142 valence electrons. The molecule has 0 bridgehead atoms. The summed E-state index contributed by atoms with van der Waals surface area (Å²) in [6.45, 7) is 3.95. The maximum absolute atomic E-state index is 10.1. The average Bonchev–Trinajstić information content (AvgIpc) is 3.44. The monoisotopic (exact) mass is 380 g/mol. The first kappa shape index (κ1) is 17.4. The topological polar surface area (TPSA) is 85.6 Å². The Morgan fingerprint density at radius 2 is 1.93 bits per heavy atom. The van der Waals surface area contributed by atoms with Gasteiger partial charge in [0.1, 0.15) is 11.4 Å². The molecular formula is C24H20N4O. The molecule has 1 aliphatic carbocycles. The highest BCUT2D eigenvalue weighted by molar-refractivity contribution is 5.95. The van der Waals surface area contributed by atoms with Gasteiger partial charge in [-0.2, -0.15) is 5.26 Å². The number of nitrogens with zero attached hydrogens (tertiary/aromatic N) is 3. The van der Waals surface area contributed by atoms with Gasteiger partial charge in [0.15, 0.2) is 0 Å². The number of hydrogen-bond acceptors (Lipinski definition) is 4. The van der Waals surface area contributed by atoms with Crippen molar-refractivity contribution in [3.8, 4) is 34.2 Å². The van der Waals surface area contributed by atoms with Gasteiger partial charge in [-0.15, -0.1) is 0 Å². The van der Waals surface area contributed by atoms with Gasteiger partial charge in [0.25, 0.3) is 0 Å². The first-order valence-corrected chi connectivity index (χ1v) is 9.67. The normalized spacial score (nSPS) is 14.7. The molecule has 1 saturated carbocycles. The molecule has 5 heteroatoms. The van der Waals surface area contributed by atoms with E-state index in [0.717, 1.165) is 62.9 Å². The minimum absolute atomic E-state index is 0.281. The number of fused-ring (bicyclic) bond motifs is 1. The fourth-order valence-electron chi connectivity index (χ4n) is 4.06. The third-order valence-electron chi connectivity index (χ3n) is 6.02. The molecule has 0 amide bonds. The van der Waals surface area contributed by atoms with Gasteiger partial charge in [-0.25, -0.2) is 4.98 Å². The number of aryl methyl sites for hydroxylation is 1. The number of phenols is 1. The SMILES string of the molecule is Cc1ccc(O)c(C)c1-c1cnc2[nH]cc(-c3ccc(C4(C#N)CC4)cn3)c2c1. The molecule has 4 aromatic rings. The van der Waals surface area contributed by atoms with Gasteiger partial charge < -0.3 is 10.1 Å². The van der Waals surface area contributed by atoms with Gasteiger partial charge in [-0.3, -0.25) is 4.98 Å². The second-order valence-corrected chi connectivity index (χ2v) is 7.85. The zero-order valence-corrected chi connectivity index (χ0v) is 16.3. The van der Waals surface area contributed by atoms with Crippen molar-refractivity contribution in [2.45, 2.75) is 32.1 Å². The molecule has 0 unspecified atom stereocenters. The Morgan fingerprint density at radius 3 is 2.62 bits per heavy atom. The van der Waals surface area contributed by atoms with Crippen LogP contribution in [-0.2, 0) is 5.41 Å². The van der Waals surface area contributed by atoms with Crippen molar-refractivity contribution < 1.29 is 5.11 Å². The lowest BCUT2D eigenvalue weighted by atomic mass is 9.95. The lowest BCUT2D eigenvalue weighted by Gasteiger charge is -2.12. The quantitative estimate of drug-likeness (QED) is 0.513. The number of aromatic amines is 1. The van der Waals surface area contributed by atoms with Gasteiger partial charge in [0.05, 0.1) is 17.2 Å². The van der Waals surface area contributed by atoms with Gasteiger partial charge >= 0.3 is 0 Å². The zero-order valence-electron chi connectivity index (χ0n) is 16.3. The standard InChI is InChI=1S/C24H20N4O/c1-14-3-6-21(29)15(2)22(14)16-9-18-19(12-28-23(18)27-10-16)20-5-4-17(11-26-20)24(13-25)7-8-24/h3-6,9-12,29H,7-8H2,1-2H3,(H,27,28). The fourth-order valence-corrected chi connectivity index (χ4v) is 4.06. The lowest BCUT2D eigenvalue weighted by molar-refractivity contribution is 0.471. The van der Waals surface area contributed by atoms with Gasteiger partial charge in [0.2, 0.25) is 0 Å². The summed E-state index contributed by atoms with van der Waals surface area (Å²) in [5.41, 5.74) is 7.17. The van der Waals surface area contributed by atoms with E-state index in [0.29, 0.717) is 0 Å². The maximum atomic E-state index is 10.1. The molecule has 0 radical (unpaired) electrons. The van der Waals surface area contributed by atoms with Crippen molar-refractivity contribution in [3.63, 3.8) is 0 Å². The average molecular weight is 380 g/mol. The Morgan fingerprint density at radius 1 is 1.10 bits per heavy atom. The van der Waals surface area contributed by atoms with Crippen LogP contribution in [0.15, 0.2) is 48.9 Å². The van der Waals surface area contributed by atoms with E-state index in [9.17, 15) is 10.4 Å². The van der Waals surface area contributed by atoms with Crippen LogP contribution < -0.4 is 0 Å². The smallest absolute Gasteiger partial charge is 0.137 e. The summed E-state index contributed by atoms with van der Waals surface area (Å²) < 4.78 is 0. The largest absolute Gasteiger partial charge is 0.508 e. The van der Waals surface area contributed by atoms with Crippen LogP contribution in [0, 0.1) is 25.2 Å². The predicted molar refractivity (Wildman–Crippen MR) is 112 cm³/mol. The molecule has 1 fully saturated rings. The fraction of sp³-hybridized carbons (Fsp3) is 0.208. The third-order valence-corrected chi connectivity index (χ3v) is 6.02. The van der Waals surface area contributed by atoms with Crippen LogP contribution in [0.25, 0.3) is 33.4 Å². The highest BCUT2D eigenvalue weighted by atomic mass is 16.3. The maximum Gasteiger partial charge on any atom is 0.137 e. The summed E-state index contributed by atoms with van der Waals surface area (Å²) in [7, 11) is 0. The summed E-state index contributed by atoms with van der Waals surface area (Å²) in [5, 5.41) is 20.5. The van der Waals surface area contributed by atoms with E-state index in [4.69, 9.17) is 0 Å². The number of pyridine rings is 2. The first-order chi connectivity index (χ1) is 14.0. The van der Waals surface area contributed by atoms with Crippen molar-refractivity contribution in [1.29, 1.82) is 5.26 Å². The van der Waals surface area contributed by atoms with Crippen molar-refractivity contribution >= 4 is 11.0 Å². The summed E-state index contributed by atoms with van der Waals surface area (Å²) in [5.74, 6) is 0.281. The van der Waals surface area contributed by atoms with Crippen molar-refractivity contribution in [1.82, 2.24) is 15.0 Å². The molecule has 0 spiro atoms. The van der Waals surface area contributed by atoms with Crippen LogP contribution in [0.4, 0.5) is 0 Å². The summed E-state index contributed by atoms with van der Waals surface area (Å²) >= 11 is 0. The molecule has 1 aromatic carbocycles. The minimum atomic E-state index is -0.329. The molecule has 1 aliphatic rings. The van der Waals surface area contributed by atoms with E-state index < -0.39 is 0 Å². The summed E-state index contributed by atoms with van der Waals surface area (Å²) in [4.78, 5) is 12.4. The molecule has 5 nitrogen and oxygen atoms in total. The van der Waals surface area contributed by atoms with Crippen molar-refractivity contribution in [3.05, 3.63) is 65.6 Å². The molecule has 0 aliphatic heterocycles. The molecular weight excluding hydrogens is 360 g/mol. The number of aromatic hydroxyl groups is 1. The Hall–Kier alpha value is -3.65. The molecule has 3 heterocycles. The highest BCUT2D eigenvalue weighted by Crippen LogP contribution is 2.47. The van der Waals surface area contributed by atoms with Crippen LogP contribution in [-0.4, -0.2) is 20.1 Å². The second kappa shape index (κ2) is 6.18. The number of H-pyrrole nitrogens is 1. The van der Waals surface area contributed by atoms with E-state index >= 15 is 0 Å². The summed E-state index contributed by atoms with van der Waals surface area (Å²) in [6, 6.07) is 12.1. The van der Waals surface area contributed by atoms with Crippen molar-refractivity contribution in [2.75, 3.05) is 0 Å². The number of nitriles is 1. The first-order valence-electron chi connectivity index (χ1n) is 9.67. The van der Waals surface area contributed by atoms with Crippen LogP contribution in [0.1, 0.15) is 29.5 Å². The van der Waals surface area contributed by atoms with Crippen LogP contribution in [0.5, 0.6) is 5.75 Å². The van der Waals surface area contributed by atoms with Crippen LogP contribution >= 0.6 is 0 Å². The van der Waals surface area contributed by atoms with Crippen LogP contribution in [0.3, 0.4) is 0 Å². The highest BCUT2D eigenvalue weighted by Gasteiger charge is 2.45. The Labute approximate surface area is 168 Å². The number of aromatic nitrogens is 3. The number of rotatable bonds is 3. The van der Waals surface area contributed by atoms with E-state index in [1.807, 2.05) is 50.6 Å². The number of phenolic OH excluding ortho intramolecular Hbond substituents is 1. The predicted octanol–water partition coefficient (Wildman–Crippen LogP) is 5.17. The number of nitrogens with one attached hydrogen (secondary N) is 1. The zero-order chi connectivity index (χ0) is 20.2. The lowest BCUT2D eigenvalue weighted by Crippen LogP contribution is -2.02. The molecule has 5 rings (SSSR count). The van der Waals surface area contributed by atoms with E-state index in [2.05, 4.69) is 27.1 Å². The minimum Gasteiger partial charge on any atom is -0.508 e. The Bertz CT molecular complexity index is 1290. The van der Waals surface area contributed by atoms with E-state index in [-0.39, 0.29) is 11.2 Å². The Kier molecular flexibility index (Phi) is 3.72. The summed E-state index contributed by atoms with van der Waals surface area (Å²) in [6.07, 6.45) is 7.40. The van der Waals surface area contributed by atoms with E-state index in [1.54, 1.807) is 6.07 Å². The Balaban J connectivity index is 1.61. The number of hydrogen-bond donors (Lipinski definition) is 2. The number of benzene rings is 1. The molecule has 0 saturated heterocycles. The molecule has 29 heavy (non-hydrogen) atoms. The second-order valence-electron chi connectivity index (χ2n) is 7.85. The van der Waals surface area contributed by atoms with E-state index in [1.165, 1.54) is 0 Å². The van der Waals surface area contributed by atoms with Gasteiger partial charge in [0, 0.05) is 35.1 Å². The third kappa shape index (κ3) is 2.68. The molecule has 2 N–H and O–H groups in total. The van der Waals surface area contributed by atoms with Crippen molar-refractivity contribution in [2.24, 2.45) is 0 Å². The van der Waals surface area contributed by atoms with Gasteiger partial charge in [-0.1, -0.05) is 12.1 Å². The van der Waals surface area contributed by atoms with Crippen LogP contribution in [0.2, 0.25) is 0 Å².